The van der Waals surface area contributed by atoms with Crippen LogP contribution in [0.25, 0.3) is 0 Å². The summed E-state index contributed by atoms with van der Waals surface area (Å²) in [6.07, 6.45) is -0.382. The molecule has 8 nitrogen and oxygen atoms in total. The minimum absolute atomic E-state index is 0.0257. The van der Waals surface area contributed by atoms with Gasteiger partial charge in [0.25, 0.3) is 5.69 Å². The summed E-state index contributed by atoms with van der Waals surface area (Å²) < 4.78 is 5.07. The van der Waals surface area contributed by atoms with Crippen LogP contribution in [0, 0.1) is 10.1 Å². The molecule has 1 saturated heterocycles. The lowest BCUT2D eigenvalue weighted by Crippen LogP contribution is -2.41. The summed E-state index contributed by atoms with van der Waals surface area (Å²) >= 11 is 0. The van der Waals surface area contributed by atoms with Gasteiger partial charge in [-0.2, -0.15) is 0 Å². The molecule has 0 spiro atoms. The highest BCUT2D eigenvalue weighted by Gasteiger charge is 2.30. The van der Waals surface area contributed by atoms with Gasteiger partial charge >= 0.3 is 6.03 Å². The monoisotopic (exact) mass is 279 g/mol. The highest BCUT2D eigenvalue weighted by atomic mass is 16.6. The first-order valence-electron chi connectivity index (χ1n) is 5.91. The Morgan fingerprint density at radius 3 is 2.85 bits per heavy atom. The Morgan fingerprint density at radius 2 is 2.20 bits per heavy atom. The number of rotatable bonds is 3. The van der Waals surface area contributed by atoms with Crippen molar-refractivity contribution in [3.05, 3.63) is 34.4 Å². The van der Waals surface area contributed by atoms with Crippen LogP contribution in [0.2, 0.25) is 0 Å². The van der Waals surface area contributed by atoms with Crippen LogP contribution < -0.4 is 10.2 Å². The molecule has 1 unspecified atom stereocenters. The zero-order chi connectivity index (χ0) is 14.7. The molecule has 106 valence electrons. The zero-order valence-electron chi connectivity index (χ0n) is 10.7. The molecule has 0 aliphatic carbocycles. The second-order valence-corrected chi connectivity index (χ2v) is 4.25. The standard InChI is InChI=1S/C12H13N3O5/c1-20-10-6-11(16)14(12(17)13-7-10)8-3-2-4-9(5-8)15(18)19/h2-5,10H,6-7H2,1H3,(H,13,17). The Bertz CT molecular complexity index is 560. The average molecular weight is 279 g/mol. The number of nitro groups is 1. The van der Waals surface area contributed by atoms with Gasteiger partial charge in [-0.1, -0.05) is 6.07 Å². The molecule has 20 heavy (non-hydrogen) atoms. The van der Waals surface area contributed by atoms with Gasteiger partial charge in [0.1, 0.15) is 0 Å². The summed E-state index contributed by atoms with van der Waals surface area (Å²) in [5.74, 6) is -0.465. The van der Waals surface area contributed by atoms with Gasteiger partial charge < -0.3 is 10.1 Å². The van der Waals surface area contributed by atoms with Gasteiger partial charge in [0.2, 0.25) is 5.91 Å². The molecule has 8 heteroatoms. The van der Waals surface area contributed by atoms with Crippen LogP contribution in [0.4, 0.5) is 16.2 Å². The number of benzene rings is 1. The molecule has 0 aromatic heterocycles. The Kier molecular flexibility index (Phi) is 3.94. The van der Waals surface area contributed by atoms with E-state index in [0.717, 1.165) is 4.90 Å². The number of carbonyl (C=O) groups is 2. The van der Waals surface area contributed by atoms with Crippen molar-refractivity contribution in [2.45, 2.75) is 12.5 Å². The van der Waals surface area contributed by atoms with Crippen LogP contribution >= 0.6 is 0 Å². The van der Waals surface area contributed by atoms with Crippen molar-refractivity contribution < 1.29 is 19.2 Å². The van der Waals surface area contributed by atoms with Gasteiger partial charge in [-0.05, 0) is 6.07 Å². The number of anilines is 1. The van der Waals surface area contributed by atoms with Crippen molar-refractivity contribution in [2.24, 2.45) is 0 Å². The number of nitrogens with one attached hydrogen (secondary N) is 1. The normalized spacial score (nSPS) is 19.4. The van der Waals surface area contributed by atoms with E-state index >= 15 is 0 Å². The van der Waals surface area contributed by atoms with E-state index < -0.39 is 23.0 Å². The number of amides is 3. The Morgan fingerprint density at radius 1 is 1.45 bits per heavy atom. The van der Waals surface area contributed by atoms with Crippen LogP contribution in [0.5, 0.6) is 0 Å². The summed E-state index contributed by atoms with van der Waals surface area (Å²) in [4.78, 5) is 35.1. The molecule has 3 amide bonds. The number of carbonyl (C=O) groups excluding carboxylic acids is 2. The third-order valence-electron chi connectivity index (χ3n) is 2.97. The average Bonchev–Trinajstić information content (AvgIpc) is 2.57. The predicted octanol–water partition coefficient (Wildman–Crippen LogP) is 1.06. The van der Waals surface area contributed by atoms with Crippen LogP contribution in [0.3, 0.4) is 0 Å². The third kappa shape index (κ3) is 2.75. The highest BCUT2D eigenvalue weighted by Crippen LogP contribution is 2.23. The van der Waals surface area contributed by atoms with Crippen LogP contribution in [0.1, 0.15) is 6.42 Å². The van der Waals surface area contributed by atoms with Crippen molar-refractivity contribution in [3.63, 3.8) is 0 Å². The van der Waals surface area contributed by atoms with E-state index in [4.69, 9.17) is 4.74 Å². The molecule has 0 radical (unpaired) electrons. The van der Waals surface area contributed by atoms with Crippen molar-refractivity contribution in [1.82, 2.24) is 5.32 Å². The van der Waals surface area contributed by atoms with Crippen molar-refractivity contribution in [2.75, 3.05) is 18.6 Å². The van der Waals surface area contributed by atoms with Gasteiger partial charge in [0.15, 0.2) is 0 Å². The number of hydrogen-bond acceptors (Lipinski definition) is 5. The number of imide groups is 1. The first-order chi connectivity index (χ1) is 9.52. The Balaban J connectivity index is 2.34. The molecule has 1 atom stereocenters. The van der Waals surface area contributed by atoms with Crippen molar-refractivity contribution in [3.8, 4) is 0 Å². The predicted molar refractivity (Wildman–Crippen MR) is 69.4 cm³/mol. The van der Waals surface area contributed by atoms with Gasteiger partial charge in [0.05, 0.1) is 23.1 Å². The second-order valence-electron chi connectivity index (χ2n) is 4.25. The lowest BCUT2D eigenvalue weighted by atomic mass is 10.2. The molecule has 1 N–H and O–H groups in total. The Labute approximate surface area is 114 Å². The third-order valence-corrected chi connectivity index (χ3v) is 2.97. The number of methoxy groups -OCH3 is 1. The van der Waals surface area contributed by atoms with E-state index in [2.05, 4.69) is 5.32 Å². The summed E-state index contributed by atoms with van der Waals surface area (Å²) in [6, 6.07) is 4.76. The summed E-state index contributed by atoms with van der Waals surface area (Å²) in [7, 11) is 1.45. The molecular weight excluding hydrogens is 266 g/mol. The fourth-order valence-electron chi connectivity index (χ4n) is 1.93. The lowest BCUT2D eigenvalue weighted by Gasteiger charge is -2.18. The number of nitrogens with zero attached hydrogens (tertiary/aromatic N) is 2. The molecule has 1 aromatic carbocycles. The van der Waals surface area contributed by atoms with Gasteiger partial charge in [-0.25, -0.2) is 9.69 Å². The van der Waals surface area contributed by atoms with Crippen LogP contribution in [-0.4, -0.2) is 36.6 Å². The van der Waals surface area contributed by atoms with Gasteiger partial charge in [-0.15, -0.1) is 0 Å². The maximum absolute atomic E-state index is 12.1. The Hall–Kier alpha value is -2.48. The first-order valence-corrected chi connectivity index (χ1v) is 5.91. The molecule has 0 saturated carbocycles. The molecule has 1 aliphatic heterocycles. The molecule has 1 aliphatic rings. The minimum atomic E-state index is -0.616. The van der Waals surface area contributed by atoms with E-state index in [-0.39, 0.29) is 24.3 Å². The number of urea groups is 1. The van der Waals surface area contributed by atoms with E-state index in [1.165, 1.54) is 31.4 Å². The van der Waals surface area contributed by atoms with E-state index in [9.17, 15) is 19.7 Å². The molecule has 0 bridgehead atoms. The van der Waals surface area contributed by atoms with Gasteiger partial charge in [0, 0.05) is 25.8 Å². The smallest absolute Gasteiger partial charge is 0.328 e. The molecule has 1 fully saturated rings. The number of ether oxygens (including phenoxy) is 1. The molecule has 1 heterocycles. The highest BCUT2D eigenvalue weighted by molar-refractivity contribution is 6.15. The van der Waals surface area contributed by atoms with Crippen molar-refractivity contribution >= 4 is 23.3 Å². The zero-order valence-corrected chi connectivity index (χ0v) is 10.7. The maximum Gasteiger partial charge on any atom is 0.328 e. The summed E-state index contributed by atoms with van der Waals surface area (Å²) in [5.41, 5.74) is -0.0194. The molecular formula is C12H13N3O5. The summed E-state index contributed by atoms with van der Waals surface area (Å²) in [6.45, 7) is 0.215. The lowest BCUT2D eigenvalue weighted by molar-refractivity contribution is -0.384. The van der Waals surface area contributed by atoms with Crippen LogP contribution in [0.15, 0.2) is 24.3 Å². The van der Waals surface area contributed by atoms with Crippen LogP contribution in [-0.2, 0) is 9.53 Å². The number of nitro benzene ring substituents is 1. The first kappa shape index (κ1) is 13.9. The minimum Gasteiger partial charge on any atom is -0.379 e. The quantitative estimate of drug-likeness (QED) is 0.658. The fourth-order valence-corrected chi connectivity index (χ4v) is 1.93. The van der Waals surface area contributed by atoms with E-state index in [0.29, 0.717) is 0 Å². The number of non-ortho nitro benzene ring substituents is 1. The molecule has 2 rings (SSSR count). The van der Waals surface area contributed by atoms with Gasteiger partial charge in [-0.3, -0.25) is 14.9 Å². The van der Waals surface area contributed by atoms with E-state index in [1.807, 2.05) is 0 Å². The van der Waals surface area contributed by atoms with E-state index in [1.54, 1.807) is 0 Å². The second kappa shape index (κ2) is 5.66. The fraction of sp³-hybridized carbons (Fsp3) is 0.333. The maximum atomic E-state index is 12.1. The SMILES string of the molecule is COC1CNC(=O)N(c2cccc([N+](=O)[O-])c2)C(=O)C1. The summed E-state index contributed by atoms with van der Waals surface area (Å²) in [5, 5.41) is 13.3. The molecule has 1 aromatic rings. The largest absolute Gasteiger partial charge is 0.379 e. The topological polar surface area (TPSA) is 102 Å². The van der Waals surface area contributed by atoms with Crippen molar-refractivity contribution in [1.29, 1.82) is 0 Å². The number of hydrogen-bond donors (Lipinski definition) is 1.